The van der Waals surface area contributed by atoms with Crippen molar-refractivity contribution in [3.63, 3.8) is 0 Å². The van der Waals surface area contributed by atoms with E-state index in [0.717, 1.165) is 35.5 Å². The number of nitrogens with one attached hydrogen (secondary N) is 1. The van der Waals surface area contributed by atoms with Gasteiger partial charge in [-0.1, -0.05) is 53.4 Å². The SMILES string of the molecule is CC(C=N)CCC[C@@H](C)[C@H]1CC[C@H]2[C@@H]3CCC4CCCC[C@]4(C)[C@H]3CC[C@]12C. The molecular weight excluding hydrogens is 338 g/mol. The summed E-state index contributed by atoms with van der Waals surface area (Å²) in [5.74, 6) is 6.50. The Bertz CT molecular complexity index is 554. The summed E-state index contributed by atoms with van der Waals surface area (Å²) >= 11 is 0. The van der Waals surface area contributed by atoms with Crippen molar-refractivity contribution in [3.8, 4) is 0 Å². The van der Waals surface area contributed by atoms with E-state index in [9.17, 15) is 0 Å². The van der Waals surface area contributed by atoms with E-state index in [0.29, 0.717) is 16.7 Å². The van der Waals surface area contributed by atoms with Gasteiger partial charge in [0.1, 0.15) is 0 Å². The van der Waals surface area contributed by atoms with Crippen LogP contribution in [0.5, 0.6) is 0 Å². The van der Waals surface area contributed by atoms with Gasteiger partial charge in [0, 0.05) is 0 Å². The monoisotopic (exact) mass is 385 g/mol. The third-order valence-corrected chi connectivity index (χ3v) is 10.9. The van der Waals surface area contributed by atoms with Gasteiger partial charge < -0.3 is 5.41 Å². The second kappa shape index (κ2) is 8.07. The van der Waals surface area contributed by atoms with Gasteiger partial charge in [0.25, 0.3) is 0 Å². The second-order valence-corrected chi connectivity index (χ2v) is 12.2. The van der Waals surface area contributed by atoms with Crippen LogP contribution in [0.3, 0.4) is 0 Å². The maximum atomic E-state index is 7.45. The molecule has 160 valence electrons. The molecule has 0 aromatic heterocycles. The summed E-state index contributed by atoms with van der Waals surface area (Å²) in [6.07, 6.45) is 20.9. The lowest BCUT2D eigenvalue weighted by Gasteiger charge is -2.61. The van der Waals surface area contributed by atoms with Crippen molar-refractivity contribution in [1.82, 2.24) is 0 Å². The molecule has 0 spiro atoms. The van der Waals surface area contributed by atoms with E-state index in [-0.39, 0.29) is 0 Å². The molecule has 0 bridgehead atoms. The van der Waals surface area contributed by atoms with Crippen LogP contribution < -0.4 is 0 Å². The molecule has 4 saturated carbocycles. The van der Waals surface area contributed by atoms with Crippen molar-refractivity contribution in [2.45, 2.75) is 111 Å². The molecule has 1 heteroatoms. The molecule has 4 rings (SSSR count). The van der Waals surface area contributed by atoms with E-state index in [1.807, 2.05) is 0 Å². The molecule has 0 aromatic carbocycles. The topological polar surface area (TPSA) is 23.9 Å². The largest absolute Gasteiger partial charge is 0.313 e. The Labute approximate surface area is 175 Å². The molecule has 4 aliphatic carbocycles. The highest BCUT2D eigenvalue weighted by Gasteiger charge is 2.59. The second-order valence-electron chi connectivity index (χ2n) is 12.2. The molecule has 4 aliphatic rings. The summed E-state index contributed by atoms with van der Waals surface area (Å²) < 4.78 is 0. The first-order chi connectivity index (χ1) is 13.4. The van der Waals surface area contributed by atoms with Crippen LogP contribution >= 0.6 is 0 Å². The average Bonchev–Trinajstić information content (AvgIpc) is 3.04. The van der Waals surface area contributed by atoms with E-state index in [1.54, 1.807) is 25.5 Å². The Kier molecular flexibility index (Phi) is 6.03. The number of hydrogen-bond donors (Lipinski definition) is 1. The van der Waals surface area contributed by atoms with Crippen LogP contribution in [0.25, 0.3) is 0 Å². The Hall–Kier alpha value is -0.330. The third-order valence-electron chi connectivity index (χ3n) is 10.9. The summed E-state index contributed by atoms with van der Waals surface area (Å²) in [6.45, 7) is 10.2. The average molecular weight is 386 g/mol. The van der Waals surface area contributed by atoms with Crippen LogP contribution in [0.4, 0.5) is 0 Å². The Morgan fingerprint density at radius 2 is 1.64 bits per heavy atom. The highest BCUT2D eigenvalue weighted by atomic mass is 14.6. The zero-order valence-electron chi connectivity index (χ0n) is 19.3. The van der Waals surface area contributed by atoms with E-state index < -0.39 is 0 Å². The lowest BCUT2D eigenvalue weighted by atomic mass is 9.44. The lowest BCUT2D eigenvalue weighted by molar-refractivity contribution is -0.114. The minimum Gasteiger partial charge on any atom is -0.313 e. The first kappa shape index (κ1) is 20.9. The summed E-state index contributed by atoms with van der Waals surface area (Å²) in [7, 11) is 0. The fourth-order valence-electron chi connectivity index (χ4n) is 9.32. The summed E-state index contributed by atoms with van der Waals surface area (Å²) in [5.41, 5.74) is 1.32. The van der Waals surface area contributed by atoms with Gasteiger partial charge in [-0.05, 0) is 116 Å². The van der Waals surface area contributed by atoms with Gasteiger partial charge in [0.15, 0.2) is 0 Å². The quantitative estimate of drug-likeness (QED) is 0.446. The van der Waals surface area contributed by atoms with E-state index in [1.165, 1.54) is 64.2 Å². The molecule has 2 unspecified atom stereocenters. The minimum absolute atomic E-state index is 0.473. The van der Waals surface area contributed by atoms with Crippen LogP contribution in [0.1, 0.15) is 111 Å². The lowest BCUT2D eigenvalue weighted by Crippen LogP contribution is -2.53. The van der Waals surface area contributed by atoms with Crippen LogP contribution in [0.2, 0.25) is 0 Å². The standard InChI is InChI=1S/C27H47N/c1-19(18-28)8-7-9-20(2)23-13-14-24-22-12-11-21-10-5-6-16-26(21,3)25(22)15-17-27(23,24)4/h18-25,28H,5-17H2,1-4H3/t19?,20-,21?,22+,23-,24+,25+,26+,27-/m1/s1. The van der Waals surface area contributed by atoms with Crippen molar-refractivity contribution in [3.05, 3.63) is 0 Å². The Morgan fingerprint density at radius 3 is 2.43 bits per heavy atom. The van der Waals surface area contributed by atoms with E-state index in [2.05, 4.69) is 27.7 Å². The van der Waals surface area contributed by atoms with Crippen LogP contribution in [-0.4, -0.2) is 6.21 Å². The Balaban J connectivity index is 1.44. The maximum absolute atomic E-state index is 7.45. The molecule has 0 aromatic rings. The van der Waals surface area contributed by atoms with Crippen molar-refractivity contribution in [2.75, 3.05) is 0 Å². The van der Waals surface area contributed by atoms with Crippen molar-refractivity contribution in [1.29, 1.82) is 5.41 Å². The van der Waals surface area contributed by atoms with Crippen molar-refractivity contribution in [2.24, 2.45) is 52.3 Å². The van der Waals surface area contributed by atoms with Gasteiger partial charge in [-0.15, -0.1) is 0 Å². The first-order valence-electron chi connectivity index (χ1n) is 12.9. The first-order valence-corrected chi connectivity index (χ1v) is 12.9. The molecule has 9 atom stereocenters. The molecular formula is C27H47N. The minimum atomic E-state index is 0.473. The fraction of sp³-hybridized carbons (Fsp3) is 0.963. The molecule has 1 N–H and O–H groups in total. The molecule has 0 heterocycles. The van der Waals surface area contributed by atoms with Crippen LogP contribution in [0, 0.1) is 57.7 Å². The van der Waals surface area contributed by atoms with Crippen LogP contribution in [-0.2, 0) is 0 Å². The molecule has 4 fully saturated rings. The predicted molar refractivity (Wildman–Crippen MR) is 121 cm³/mol. The molecule has 0 radical (unpaired) electrons. The molecule has 28 heavy (non-hydrogen) atoms. The summed E-state index contributed by atoms with van der Waals surface area (Å²) in [6, 6.07) is 0. The highest BCUT2D eigenvalue weighted by molar-refractivity contribution is 5.55. The number of fused-ring (bicyclic) bond motifs is 5. The Morgan fingerprint density at radius 1 is 0.857 bits per heavy atom. The predicted octanol–water partition coefficient (Wildman–Crippen LogP) is 8.13. The molecule has 0 aliphatic heterocycles. The van der Waals surface area contributed by atoms with Gasteiger partial charge in [-0.2, -0.15) is 0 Å². The van der Waals surface area contributed by atoms with Gasteiger partial charge in [-0.25, -0.2) is 0 Å². The normalized spacial score (nSPS) is 47.5. The smallest absolute Gasteiger partial charge is 0.00195 e. The zero-order valence-corrected chi connectivity index (χ0v) is 19.3. The fourth-order valence-corrected chi connectivity index (χ4v) is 9.32. The summed E-state index contributed by atoms with van der Waals surface area (Å²) in [4.78, 5) is 0. The third kappa shape index (κ3) is 3.41. The van der Waals surface area contributed by atoms with E-state index >= 15 is 0 Å². The van der Waals surface area contributed by atoms with Gasteiger partial charge in [0.2, 0.25) is 0 Å². The van der Waals surface area contributed by atoms with Crippen LogP contribution in [0.15, 0.2) is 0 Å². The number of hydrogen-bond acceptors (Lipinski definition) is 1. The van der Waals surface area contributed by atoms with Gasteiger partial charge >= 0.3 is 0 Å². The van der Waals surface area contributed by atoms with E-state index in [4.69, 9.17) is 5.41 Å². The van der Waals surface area contributed by atoms with Gasteiger partial charge in [-0.3, -0.25) is 0 Å². The number of rotatable bonds is 6. The van der Waals surface area contributed by atoms with Gasteiger partial charge in [0.05, 0.1) is 0 Å². The summed E-state index contributed by atoms with van der Waals surface area (Å²) in [5, 5.41) is 7.45. The van der Waals surface area contributed by atoms with Crippen molar-refractivity contribution >= 4 is 6.21 Å². The zero-order chi connectivity index (χ0) is 19.9. The maximum Gasteiger partial charge on any atom is -0.00195 e. The highest BCUT2D eigenvalue weighted by Crippen LogP contribution is 2.68. The molecule has 0 amide bonds. The molecule has 1 nitrogen and oxygen atoms in total. The van der Waals surface area contributed by atoms with Crippen molar-refractivity contribution < 1.29 is 0 Å². The molecule has 0 saturated heterocycles.